The van der Waals surface area contributed by atoms with Gasteiger partial charge in [-0.2, -0.15) is 0 Å². The maximum absolute atomic E-state index is 12.9. The first kappa shape index (κ1) is 22.1. The number of esters is 1. The van der Waals surface area contributed by atoms with E-state index in [9.17, 15) is 9.90 Å². The summed E-state index contributed by atoms with van der Waals surface area (Å²) in [5.74, 6) is -0.518. The number of benzene rings is 3. The van der Waals surface area contributed by atoms with E-state index in [0.717, 1.165) is 10.5 Å². The van der Waals surface area contributed by atoms with E-state index in [2.05, 4.69) is 0 Å². The molecule has 0 radical (unpaired) electrons. The molecule has 170 valence electrons. The Morgan fingerprint density at radius 2 is 1.52 bits per heavy atom. The summed E-state index contributed by atoms with van der Waals surface area (Å²) in [5.41, 5.74) is 0.605. The molecule has 6 nitrogen and oxygen atoms in total. The molecule has 0 saturated carbocycles. The molecule has 0 unspecified atom stereocenters. The van der Waals surface area contributed by atoms with Gasteiger partial charge in [-0.3, -0.25) is 0 Å². The minimum Gasteiger partial charge on any atom is -0.453 e. The zero-order chi connectivity index (χ0) is 22.6. The van der Waals surface area contributed by atoms with Gasteiger partial charge in [0.25, 0.3) is 0 Å². The number of ether oxygens (including phenoxy) is 4. The average Bonchev–Trinajstić information content (AvgIpc) is 2.88. The van der Waals surface area contributed by atoms with Crippen LogP contribution in [0, 0.1) is 0 Å². The summed E-state index contributed by atoms with van der Waals surface area (Å²) < 4.78 is 24.2. The molecule has 7 heteroatoms. The smallest absolute Gasteiger partial charge is 0.338 e. The molecule has 2 fully saturated rings. The van der Waals surface area contributed by atoms with Crippen LogP contribution in [0.4, 0.5) is 0 Å². The normalized spacial score (nSPS) is 29.1. The van der Waals surface area contributed by atoms with Crippen molar-refractivity contribution in [3.8, 4) is 0 Å². The fourth-order valence-corrected chi connectivity index (χ4v) is 5.05. The second kappa shape index (κ2) is 10.1. The second-order valence-electron chi connectivity index (χ2n) is 7.88. The lowest BCUT2D eigenvalue weighted by molar-refractivity contribution is -0.317. The van der Waals surface area contributed by atoms with E-state index in [0.29, 0.717) is 5.56 Å². The van der Waals surface area contributed by atoms with Crippen LogP contribution in [0.3, 0.4) is 0 Å². The lowest BCUT2D eigenvalue weighted by Crippen LogP contribution is -2.62. The molecular formula is C26H24O6S. The molecule has 0 aliphatic carbocycles. The molecule has 0 amide bonds. The molecule has 5 rings (SSSR count). The van der Waals surface area contributed by atoms with Gasteiger partial charge in [0.15, 0.2) is 12.4 Å². The Balaban J connectivity index is 1.40. The number of carbonyl (C=O) groups excluding carboxylic acids is 1. The summed E-state index contributed by atoms with van der Waals surface area (Å²) >= 11 is 1.38. The van der Waals surface area contributed by atoms with Crippen molar-refractivity contribution in [1.29, 1.82) is 0 Å². The van der Waals surface area contributed by atoms with Crippen molar-refractivity contribution in [2.75, 3.05) is 6.61 Å². The zero-order valence-corrected chi connectivity index (χ0v) is 18.5. The molecule has 2 saturated heterocycles. The summed E-state index contributed by atoms with van der Waals surface area (Å²) in [7, 11) is 0. The SMILES string of the molecule is O=C(O[C@@H]1[C@H](O)[C@@H](Sc2ccccc2)O[C@@H]2CO[C@@H](c3ccccc3)O[C@@H]12)c1ccccc1. The van der Waals surface area contributed by atoms with E-state index in [1.54, 1.807) is 24.3 Å². The summed E-state index contributed by atoms with van der Waals surface area (Å²) in [4.78, 5) is 13.8. The number of hydrogen-bond donors (Lipinski definition) is 1. The van der Waals surface area contributed by atoms with Gasteiger partial charge >= 0.3 is 5.97 Å². The molecule has 2 heterocycles. The van der Waals surface area contributed by atoms with Crippen LogP contribution in [0.1, 0.15) is 22.2 Å². The molecule has 2 aliphatic heterocycles. The van der Waals surface area contributed by atoms with Crippen molar-refractivity contribution in [3.05, 3.63) is 102 Å². The highest BCUT2D eigenvalue weighted by molar-refractivity contribution is 7.99. The van der Waals surface area contributed by atoms with Crippen molar-refractivity contribution in [2.45, 2.75) is 41.0 Å². The van der Waals surface area contributed by atoms with Gasteiger partial charge in [-0.1, -0.05) is 78.5 Å². The molecule has 0 spiro atoms. The summed E-state index contributed by atoms with van der Waals surface area (Å²) in [6.45, 7) is 0.252. The van der Waals surface area contributed by atoms with Crippen molar-refractivity contribution < 1.29 is 28.8 Å². The van der Waals surface area contributed by atoms with Gasteiger partial charge in [-0.15, -0.1) is 0 Å². The van der Waals surface area contributed by atoms with Crippen LogP contribution in [-0.2, 0) is 18.9 Å². The number of aliphatic hydroxyl groups excluding tert-OH is 1. The monoisotopic (exact) mass is 464 g/mol. The van der Waals surface area contributed by atoms with Gasteiger partial charge in [-0.05, 0) is 24.3 Å². The van der Waals surface area contributed by atoms with Crippen molar-refractivity contribution in [3.63, 3.8) is 0 Å². The van der Waals surface area contributed by atoms with Crippen LogP contribution in [0.25, 0.3) is 0 Å². The van der Waals surface area contributed by atoms with Crippen LogP contribution in [0.5, 0.6) is 0 Å². The Morgan fingerprint density at radius 1 is 0.879 bits per heavy atom. The maximum atomic E-state index is 12.9. The molecule has 33 heavy (non-hydrogen) atoms. The fourth-order valence-electron chi connectivity index (χ4n) is 3.97. The fraction of sp³-hybridized carbons (Fsp3) is 0.269. The predicted octanol–water partition coefficient (Wildman–Crippen LogP) is 4.20. The topological polar surface area (TPSA) is 74.2 Å². The first-order valence-electron chi connectivity index (χ1n) is 10.8. The molecule has 0 bridgehead atoms. The second-order valence-corrected chi connectivity index (χ2v) is 9.05. The van der Waals surface area contributed by atoms with Crippen LogP contribution < -0.4 is 0 Å². The van der Waals surface area contributed by atoms with Gasteiger partial charge in [0.05, 0.1) is 12.2 Å². The number of carbonyl (C=O) groups is 1. The van der Waals surface area contributed by atoms with Crippen LogP contribution >= 0.6 is 11.8 Å². The van der Waals surface area contributed by atoms with E-state index in [1.807, 2.05) is 66.7 Å². The van der Waals surface area contributed by atoms with Crippen LogP contribution in [-0.4, -0.2) is 47.5 Å². The third-order valence-corrected chi connectivity index (χ3v) is 6.79. The van der Waals surface area contributed by atoms with E-state index in [-0.39, 0.29) is 6.61 Å². The van der Waals surface area contributed by atoms with E-state index >= 15 is 0 Å². The van der Waals surface area contributed by atoms with Gasteiger partial charge in [0, 0.05) is 10.5 Å². The summed E-state index contributed by atoms with van der Waals surface area (Å²) in [6.07, 6.45) is -3.84. The highest BCUT2D eigenvalue weighted by Crippen LogP contribution is 2.40. The minimum atomic E-state index is -1.10. The first-order valence-corrected chi connectivity index (χ1v) is 11.7. The van der Waals surface area contributed by atoms with Crippen molar-refractivity contribution in [2.24, 2.45) is 0 Å². The number of rotatable bonds is 5. The van der Waals surface area contributed by atoms with E-state index in [4.69, 9.17) is 18.9 Å². The van der Waals surface area contributed by atoms with Crippen LogP contribution in [0.2, 0.25) is 0 Å². The first-order chi connectivity index (χ1) is 16.2. The Kier molecular flexibility index (Phi) is 6.75. The molecule has 3 aromatic carbocycles. The average molecular weight is 465 g/mol. The largest absolute Gasteiger partial charge is 0.453 e. The third kappa shape index (κ3) is 4.98. The van der Waals surface area contributed by atoms with Gasteiger partial charge in [0.2, 0.25) is 0 Å². The Labute approximate surface area is 196 Å². The number of hydrogen-bond acceptors (Lipinski definition) is 7. The molecule has 3 aromatic rings. The minimum absolute atomic E-state index is 0.252. The van der Waals surface area contributed by atoms with Crippen molar-refractivity contribution in [1.82, 2.24) is 0 Å². The summed E-state index contributed by atoms with van der Waals surface area (Å²) in [5, 5.41) is 11.2. The number of aliphatic hydroxyl groups is 1. The van der Waals surface area contributed by atoms with E-state index < -0.39 is 42.1 Å². The quantitative estimate of drug-likeness (QED) is 0.567. The maximum Gasteiger partial charge on any atom is 0.338 e. The Hall–Kier alpha value is -2.68. The van der Waals surface area contributed by atoms with Gasteiger partial charge in [-0.25, -0.2) is 4.79 Å². The van der Waals surface area contributed by atoms with Crippen LogP contribution in [0.15, 0.2) is 95.9 Å². The molecule has 0 aromatic heterocycles. The Bertz CT molecular complexity index is 1050. The predicted molar refractivity (Wildman–Crippen MR) is 123 cm³/mol. The third-order valence-electron chi connectivity index (χ3n) is 5.63. The van der Waals surface area contributed by atoms with Crippen molar-refractivity contribution >= 4 is 17.7 Å². The number of thioether (sulfide) groups is 1. The summed E-state index contributed by atoms with van der Waals surface area (Å²) in [6, 6.07) is 27.9. The number of fused-ring (bicyclic) bond motifs is 1. The standard InChI is InChI=1S/C26H24O6S/c27-21-23(31-24(28)17-10-4-1-5-11-17)22-20(30-26(21)33-19-14-8-3-9-15-19)16-29-25(32-22)18-12-6-2-7-13-18/h1-15,20-23,25-27H,16H2/t20-,21+,22-,23-,25-,26-/m1/s1. The van der Waals surface area contributed by atoms with Gasteiger partial charge in [0.1, 0.15) is 23.7 Å². The Morgan fingerprint density at radius 3 is 2.21 bits per heavy atom. The lowest BCUT2D eigenvalue weighted by atomic mass is 9.98. The van der Waals surface area contributed by atoms with Gasteiger partial charge < -0.3 is 24.1 Å². The molecular weight excluding hydrogens is 440 g/mol. The van der Waals surface area contributed by atoms with E-state index in [1.165, 1.54) is 11.8 Å². The zero-order valence-electron chi connectivity index (χ0n) is 17.7. The highest BCUT2D eigenvalue weighted by Gasteiger charge is 2.51. The molecule has 6 atom stereocenters. The molecule has 1 N–H and O–H groups in total. The molecule has 2 aliphatic rings. The highest BCUT2D eigenvalue weighted by atomic mass is 32.2. The lowest BCUT2D eigenvalue weighted by Gasteiger charge is -2.47.